The van der Waals surface area contributed by atoms with Gasteiger partial charge in [-0.1, -0.05) is 58.5 Å². The molecule has 134 valence electrons. The summed E-state index contributed by atoms with van der Waals surface area (Å²) < 4.78 is 42.4. The molecule has 0 aliphatic heterocycles. The lowest BCUT2D eigenvalue weighted by Crippen LogP contribution is -2.20. The van der Waals surface area contributed by atoms with Crippen LogP contribution >= 0.6 is 0 Å². The summed E-state index contributed by atoms with van der Waals surface area (Å²) in [7, 11) is 0. The van der Waals surface area contributed by atoms with Crippen LogP contribution in [0.5, 0.6) is 0 Å². The van der Waals surface area contributed by atoms with Gasteiger partial charge < -0.3 is 9.47 Å². The third-order valence-corrected chi connectivity index (χ3v) is 3.67. The molecule has 1 unspecified atom stereocenters. The van der Waals surface area contributed by atoms with Crippen molar-refractivity contribution in [2.24, 2.45) is 0 Å². The lowest BCUT2D eigenvalue weighted by atomic mass is 10.1. The second kappa shape index (κ2) is 11.7. The molecule has 0 radical (unpaired) electrons. The fraction of sp³-hybridized carbons (Fsp3) is 0.600. The summed E-state index contributed by atoms with van der Waals surface area (Å²) in [5, 5.41) is 0. The molecule has 0 aliphatic carbocycles. The highest BCUT2D eigenvalue weighted by Gasteiger charge is 2.21. The zero-order valence-corrected chi connectivity index (χ0v) is 14.9. The number of unbranched alkanes of at least 4 members (excludes halogenated alkanes) is 3. The summed E-state index contributed by atoms with van der Waals surface area (Å²) >= 11 is 0. The minimum absolute atomic E-state index is 0.128. The van der Waals surface area contributed by atoms with E-state index < -0.39 is 47.2 Å². The average molecular weight is 338 g/mol. The molecule has 0 aliphatic rings. The zero-order chi connectivity index (χ0) is 21.3. The van der Waals surface area contributed by atoms with E-state index >= 15 is 0 Å². The molecule has 0 N–H and O–H groups in total. The molecule has 24 heavy (non-hydrogen) atoms. The summed E-state index contributed by atoms with van der Waals surface area (Å²) in [6, 6.07) is -2.34. The summed E-state index contributed by atoms with van der Waals surface area (Å²) in [6.07, 6.45) is 5.20. The number of carbonyl (C=O) groups is 2. The standard InChI is InChI=1S/C20H30O4/c1-4-7-8-11-15-23-19(21)17-13-9-10-14-18(17)20(22)24-16(6-3)12-5-2/h9-10,13-14,16H,4-8,11-12,15H2,1-3H3/i9D,10D,13D,14D. The van der Waals surface area contributed by atoms with Gasteiger partial charge in [0.2, 0.25) is 0 Å². The predicted molar refractivity (Wildman–Crippen MR) is 95.3 cm³/mol. The number of esters is 2. The van der Waals surface area contributed by atoms with Crippen molar-refractivity contribution in [3.05, 3.63) is 35.3 Å². The first-order chi connectivity index (χ1) is 13.3. The number of carbonyl (C=O) groups excluding carboxylic acids is 2. The van der Waals surface area contributed by atoms with Gasteiger partial charge in [-0.3, -0.25) is 0 Å². The lowest BCUT2D eigenvalue weighted by molar-refractivity contribution is 0.0262. The highest BCUT2D eigenvalue weighted by Crippen LogP contribution is 2.16. The molecule has 4 nitrogen and oxygen atoms in total. The zero-order valence-electron chi connectivity index (χ0n) is 18.9. The molecule has 0 fully saturated rings. The summed E-state index contributed by atoms with van der Waals surface area (Å²) in [4.78, 5) is 25.2. The number of benzene rings is 1. The molecule has 4 heteroatoms. The van der Waals surface area contributed by atoms with Crippen LogP contribution in [0, 0.1) is 0 Å². The number of ether oxygens (including phenoxy) is 2. The minimum Gasteiger partial charge on any atom is -0.462 e. The van der Waals surface area contributed by atoms with Crippen LogP contribution < -0.4 is 0 Å². The van der Waals surface area contributed by atoms with Crippen molar-refractivity contribution < 1.29 is 24.5 Å². The van der Waals surface area contributed by atoms with Gasteiger partial charge in [0.25, 0.3) is 0 Å². The monoisotopic (exact) mass is 338 g/mol. The molecule has 0 saturated heterocycles. The minimum atomic E-state index is -0.931. The second-order valence-electron chi connectivity index (χ2n) is 5.67. The van der Waals surface area contributed by atoms with Crippen LogP contribution in [0.2, 0.25) is 0 Å². The van der Waals surface area contributed by atoms with Gasteiger partial charge in [-0.2, -0.15) is 0 Å². The van der Waals surface area contributed by atoms with E-state index in [9.17, 15) is 9.59 Å². The van der Waals surface area contributed by atoms with Crippen molar-refractivity contribution in [1.29, 1.82) is 0 Å². The molecule has 1 atom stereocenters. The fourth-order valence-electron chi connectivity index (χ4n) is 2.26. The SMILES string of the molecule is [2H]c1c([2H])c([2H])c(C(=O)OC(CC)CCC)c(C(=O)OCCCCCC)c1[2H]. The smallest absolute Gasteiger partial charge is 0.339 e. The quantitative estimate of drug-likeness (QED) is 0.413. The van der Waals surface area contributed by atoms with Gasteiger partial charge >= 0.3 is 11.9 Å². The molecule has 0 spiro atoms. The van der Waals surface area contributed by atoms with Gasteiger partial charge in [-0.15, -0.1) is 0 Å². The fourth-order valence-corrected chi connectivity index (χ4v) is 2.26. The van der Waals surface area contributed by atoms with Crippen molar-refractivity contribution in [1.82, 2.24) is 0 Å². The Labute approximate surface area is 151 Å². The van der Waals surface area contributed by atoms with E-state index in [0.29, 0.717) is 19.3 Å². The number of hydrogen-bond donors (Lipinski definition) is 0. The van der Waals surface area contributed by atoms with Gasteiger partial charge in [-0.25, -0.2) is 9.59 Å². The largest absolute Gasteiger partial charge is 0.462 e. The van der Waals surface area contributed by atoms with Crippen LogP contribution in [0.25, 0.3) is 0 Å². The summed E-state index contributed by atoms with van der Waals surface area (Å²) in [5.41, 5.74) is -0.919. The Balaban J connectivity index is 3.20. The summed E-state index contributed by atoms with van der Waals surface area (Å²) in [5.74, 6) is -1.86. The number of rotatable bonds is 11. The Morgan fingerprint density at radius 2 is 1.67 bits per heavy atom. The van der Waals surface area contributed by atoms with Crippen molar-refractivity contribution in [3.63, 3.8) is 0 Å². The maximum absolute atomic E-state index is 12.7. The molecule has 0 aromatic heterocycles. The van der Waals surface area contributed by atoms with Gasteiger partial charge in [-0.05, 0) is 31.3 Å². The molecular formula is C20H30O4. The summed E-state index contributed by atoms with van der Waals surface area (Å²) in [6.45, 7) is 6.00. The molecule has 1 rings (SSSR count). The predicted octanol–water partition coefficient (Wildman–Crippen LogP) is 5.16. The highest BCUT2D eigenvalue weighted by molar-refractivity contribution is 6.03. The maximum atomic E-state index is 12.7. The Morgan fingerprint density at radius 3 is 2.25 bits per heavy atom. The van der Waals surface area contributed by atoms with Gasteiger partial charge in [0.1, 0.15) is 6.10 Å². The van der Waals surface area contributed by atoms with Crippen molar-refractivity contribution in [3.8, 4) is 0 Å². The molecule has 0 heterocycles. The van der Waals surface area contributed by atoms with Gasteiger partial charge in [0.05, 0.1) is 23.2 Å². The van der Waals surface area contributed by atoms with Crippen molar-refractivity contribution in [2.45, 2.75) is 71.8 Å². The topological polar surface area (TPSA) is 52.6 Å². The Bertz CT molecular complexity index is 692. The highest BCUT2D eigenvalue weighted by atomic mass is 16.5. The second-order valence-corrected chi connectivity index (χ2v) is 5.67. The van der Waals surface area contributed by atoms with Crippen LogP contribution in [0.3, 0.4) is 0 Å². The van der Waals surface area contributed by atoms with Gasteiger partial charge in [0, 0.05) is 0 Å². The molecule has 1 aromatic rings. The first-order valence-corrected chi connectivity index (χ1v) is 8.78. The third kappa shape index (κ3) is 6.73. The van der Waals surface area contributed by atoms with Gasteiger partial charge in [0.15, 0.2) is 0 Å². The van der Waals surface area contributed by atoms with E-state index in [-0.39, 0.29) is 12.7 Å². The Kier molecular flexibility index (Phi) is 7.04. The first kappa shape index (κ1) is 14.5. The van der Waals surface area contributed by atoms with E-state index in [2.05, 4.69) is 6.92 Å². The third-order valence-electron chi connectivity index (χ3n) is 3.67. The van der Waals surface area contributed by atoms with E-state index in [1.165, 1.54) is 0 Å². The van der Waals surface area contributed by atoms with Crippen LogP contribution in [-0.2, 0) is 9.47 Å². The Hall–Kier alpha value is -1.84. The van der Waals surface area contributed by atoms with Crippen LogP contribution in [-0.4, -0.2) is 24.6 Å². The average Bonchev–Trinajstić information content (AvgIpc) is 2.67. The van der Waals surface area contributed by atoms with Crippen LogP contribution in [0.1, 0.15) is 91.9 Å². The van der Waals surface area contributed by atoms with Crippen LogP contribution in [0.15, 0.2) is 24.2 Å². The number of hydrogen-bond acceptors (Lipinski definition) is 4. The normalized spacial score (nSPS) is 14.1. The molecular weight excluding hydrogens is 304 g/mol. The van der Waals surface area contributed by atoms with Crippen LogP contribution in [0.4, 0.5) is 0 Å². The molecule has 0 saturated carbocycles. The lowest BCUT2D eigenvalue weighted by Gasteiger charge is -2.16. The van der Waals surface area contributed by atoms with Crippen molar-refractivity contribution in [2.75, 3.05) is 6.61 Å². The molecule has 0 amide bonds. The van der Waals surface area contributed by atoms with E-state index in [1.54, 1.807) is 0 Å². The van der Waals surface area contributed by atoms with E-state index in [0.717, 1.165) is 25.7 Å². The molecule has 1 aromatic carbocycles. The maximum Gasteiger partial charge on any atom is 0.339 e. The Morgan fingerprint density at radius 1 is 1.00 bits per heavy atom. The van der Waals surface area contributed by atoms with E-state index in [1.807, 2.05) is 13.8 Å². The molecule has 0 bridgehead atoms. The van der Waals surface area contributed by atoms with Crippen molar-refractivity contribution >= 4 is 11.9 Å². The first-order valence-electron chi connectivity index (χ1n) is 10.8. The van der Waals surface area contributed by atoms with E-state index in [4.69, 9.17) is 15.0 Å².